The number of carbonyl (C=O) groups excluding carboxylic acids is 1. The van der Waals surface area contributed by atoms with Crippen molar-refractivity contribution in [2.45, 2.75) is 18.9 Å². The fourth-order valence-corrected chi connectivity index (χ4v) is 1.84. The predicted molar refractivity (Wildman–Crippen MR) is 72.7 cm³/mol. The van der Waals surface area contributed by atoms with E-state index in [9.17, 15) is 9.90 Å². The van der Waals surface area contributed by atoms with Crippen LogP contribution >= 0.6 is 11.8 Å². The fourth-order valence-electron chi connectivity index (χ4n) is 1.41. The van der Waals surface area contributed by atoms with Crippen molar-refractivity contribution in [3.05, 3.63) is 24.2 Å². The third kappa shape index (κ3) is 5.01. The zero-order valence-corrected chi connectivity index (χ0v) is 11.5. The molecular weight excluding hydrogens is 252 g/mol. The van der Waals surface area contributed by atoms with Gasteiger partial charge in [-0.1, -0.05) is 0 Å². The first-order chi connectivity index (χ1) is 8.56. The Morgan fingerprint density at radius 2 is 2.33 bits per heavy atom. The van der Waals surface area contributed by atoms with Crippen LogP contribution in [0.3, 0.4) is 0 Å². The van der Waals surface area contributed by atoms with Gasteiger partial charge in [0, 0.05) is 6.54 Å². The number of furan rings is 1. The summed E-state index contributed by atoms with van der Waals surface area (Å²) in [6.07, 6.45) is 4.45. The van der Waals surface area contributed by atoms with Crippen LogP contribution in [0.2, 0.25) is 0 Å². The Morgan fingerprint density at radius 3 is 2.94 bits per heavy atom. The summed E-state index contributed by atoms with van der Waals surface area (Å²) in [5, 5.41) is 15.4. The lowest BCUT2D eigenvalue weighted by Crippen LogP contribution is -2.43. The molecule has 0 saturated heterocycles. The molecule has 1 atom stereocenters. The van der Waals surface area contributed by atoms with Gasteiger partial charge in [0.15, 0.2) is 0 Å². The second-order valence-corrected chi connectivity index (χ2v) is 5.19. The highest BCUT2D eigenvalue weighted by Gasteiger charge is 2.26. The third-order valence-electron chi connectivity index (χ3n) is 2.46. The molecule has 1 heterocycles. The number of hydrogen-bond donors (Lipinski definition) is 3. The van der Waals surface area contributed by atoms with Gasteiger partial charge in [-0.2, -0.15) is 11.8 Å². The predicted octanol–water partition coefficient (Wildman–Crippen LogP) is 1.54. The van der Waals surface area contributed by atoms with E-state index >= 15 is 0 Å². The second-order valence-electron chi connectivity index (χ2n) is 4.21. The van der Waals surface area contributed by atoms with E-state index in [-0.39, 0.29) is 12.6 Å². The molecule has 102 valence electrons. The van der Waals surface area contributed by atoms with E-state index in [1.807, 2.05) is 6.26 Å². The molecule has 5 nitrogen and oxygen atoms in total. The van der Waals surface area contributed by atoms with Crippen LogP contribution in [0.25, 0.3) is 0 Å². The SMILES string of the molecule is CSCCCNC(=O)NCC(C)(O)c1ccco1. The highest BCUT2D eigenvalue weighted by molar-refractivity contribution is 7.98. The number of aliphatic hydroxyl groups is 1. The van der Waals surface area contributed by atoms with Crippen LogP contribution in [-0.4, -0.2) is 36.2 Å². The monoisotopic (exact) mass is 272 g/mol. The molecule has 0 fully saturated rings. The van der Waals surface area contributed by atoms with E-state index in [2.05, 4.69) is 10.6 Å². The maximum absolute atomic E-state index is 11.5. The molecule has 1 rings (SSSR count). The highest BCUT2D eigenvalue weighted by Crippen LogP contribution is 2.19. The van der Waals surface area contributed by atoms with E-state index in [0.717, 1.165) is 12.2 Å². The minimum Gasteiger partial charge on any atom is -0.466 e. The van der Waals surface area contributed by atoms with Crippen molar-refractivity contribution in [1.29, 1.82) is 0 Å². The molecule has 2 amide bonds. The lowest BCUT2D eigenvalue weighted by Gasteiger charge is -2.21. The minimum absolute atomic E-state index is 0.106. The average molecular weight is 272 g/mol. The maximum atomic E-state index is 11.5. The fraction of sp³-hybridized carbons (Fsp3) is 0.583. The van der Waals surface area contributed by atoms with E-state index < -0.39 is 5.60 Å². The lowest BCUT2D eigenvalue weighted by atomic mass is 10.0. The molecule has 0 spiro atoms. The summed E-state index contributed by atoms with van der Waals surface area (Å²) in [6.45, 7) is 2.34. The quantitative estimate of drug-likeness (QED) is 0.658. The number of urea groups is 1. The molecule has 0 aliphatic rings. The van der Waals surface area contributed by atoms with Gasteiger partial charge in [-0.05, 0) is 37.5 Å². The van der Waals surface area contributed by atoms with Crippen LogP contribution in [0.4, 0.5) is 4.79 Å². The second kappa shape index (κ2) is 7.33. The third-order valence-corrected chi connectivity index (χ3v) is 3.15. The normalized spacial score (nSPS) is 13.9. The molecule has 0 aromatic carbocycles. The molecule has 1 unspecified atom stereocenters. The van der Waals surface area contributed by atoms with Crippen LogP contribution in [0.1, 0.15) is 19.1 Å². The van der Waals surface area contributed by atoms with Gasteiger partial charge < -0.3 is 20.2 Å². The molecule has 0 radical (unpaired) electrons. The van der Waals surface area contributed by atoms with Crippen molar-refractivity contribution in [3.8, 4) is 0 Å². The summed E-state index contributed by atoms with van der Waals surface area (Å²) in [4.78, 5) is 11.5. The van der Waals surface area contributed by atoms with Gasteiger partial charge in [-0.15, -0.1) is 0 Å². The highest BCUT2D eigenvalue weighted by atomic mass is 32.2. The van der Waals surface area contributed by atoms with Crippen LogP contribution in [-0.2, 0) is 5.60 Å². The molecule has 0 bridgehead atoms. The number of rotatable bonds is 7. The van der Waals surface area contributed by atoms with E-state index in [4.69, 9.17) is 4.42 Å². The van der Waals surface area contributed by atoms with E-state index in [0.29, 0.717) is 12.3 Å². The van der Waals surface area contributed by atoms with E-state index in [1.165, 1.54) is 6.26 Å². The van der Waals surface area contributed by atoms with Gasteiger partial charge >= 0.3 is 6.03 Å². The zero-order chi connectivity index (χ0) is 13.4. The van der Waals surface area contributed by atoms with Crippen molar-refractivity contribution in [1.82, 2.24) is 10.6 Å². The summed E-state index contributed by atoms with van der Waals surface area (Å²) < 4.78 is 5.12. The largest absolute Gasteiger partial charge is 0.466 e. The number of thioether (sulfide) groups is 1. The maximum Gasteiger partial charge on any atom is 0.314 e. The molecule has 0 aliphatic heterocycles. The van der Waals surface area contributed by atoms with Crippen molar-refractivity contribution in [2.24, 2.45) is 0 Å². The molecule has 1 aromatic heterocycles. The van der Waals surface area contributed by atoms with Crippen LogP contribution in [0, 0.1) is 0 Å². The molecule has 6 heteroatoms. The average Bonchev–Trinajstić information content (AvgIpc) is 2.87. The van der Waals surface area contributed by atoms with Gasteiger partial charge in [0.1, 0.15) is 11.4 Å². The number of carbonyl (C=O) groups is 1. The Labute approximate surface area is 111 Å². The molecule has 0 aliphatic carbocycles. The Kier molecular flexibility index (Phi) is 6.07. The first-order valence-electron chi connectivity index (χ1n) is 5.83. The minimum atomic E-state index is -1.19. The first-order valence-corrected chi connectivity index (χ1v) is 7.22. The number of hydrogen-bond acceptors (Lipinski definition) is 4. The summed E-state index contributed by atoms with van der Waals surface area (Å²) in [5.41, 5.74) is -1.19. The van der Waals surface area contributed by atoms with Crippen LogP contribution in [0.5, 0.6) is 0 Å². The van der Waals surface area contributed by atoms with Crippen molar-refractivity contribution >= 4 is 17.8 Å². The summed E-state index contributed by atoms with van der Waals surface area (Å²) in [5.74, 6) is 1.45. The van der Waals surface area contributed by atoms with Crippen molar-refractivity contribution < 1.29 is 14.3 Å². The Balaban J connectivity index is 2.25. The summed E-state index contributed by atoms with van der Waals surface area (Å²) in [7, 11) is 0. The van der Waals surface area contributed by atoms with Crippen molar-refractivity contribution in [2.75, 3.05) is 25.1 Å². The van der Waals surface area contributed by atoms with Gasteiger partial charge in [0.25, 0.3) is 0 Å². The standard InChI is InChI=1S/C12H20N2O3S/c1-12(16,10-5-3-7-17-10)9-14-11(15)13-6-4-8-18-2/h3,5,7,16H,4,6,8-9H2,1-2H3,(H2,13,14,15). The van der Waals surface area contributed by atoms with Crippen molar-refractivity contribution in [3.63, 3.8) is 0 Å². The van der Waals surface area contributed by atoms with Gasteiger partial charge in [-0.25, -0.2) is 4.79 Å². The Hall–Kier alpha value is -1.14. The molecule has 0 saturated carbocycles. The van der Waals surface area contributed by atoms with Crippen LogP contribution < -0.4 is 10.6 Å². The summed E-state index contributed by atoms with van der Waals surface area (Å²) >= 11 is 1.75. The molecule has 18 heavy (non-hydrogen) atoms. The van der Waals surface area contributed by atoms with Crippen LogP contribution in [0.15, 0.2) is 22.8 Å². The molecule has 3 N–H and O–H groups in total. The Morgan fingerprint density at radius 1 is 1.56 bits per heavy atom. The lowest BCUT2D eigenvalue weighted by molar-refractivity contribution is 0.0367. The molecular formula is C12H20N2O3S. The zero-order valence-electron chi connectivity index (χ0n) is 10.7. The Bertz CT molecular complexity index is 352. The van der Waals surface area contributed by atoms with Gasteiger partial charge in [-0.3, -0.25) is 0 Å². The number of amides is 2. The topological polar surface area (TPSA) is 74.5 Å². The molecule has 1 aromatic rings. The first kappa shape index (κ1) is 14.9. The summed E-state index contributed by atoms with van der Waals surface area (Å²) in [6, 6.07) is 3.10. The van der Waals surface area contributed by atoms with Gasteiger partial charge in [0.2, 0.25) is 0 Å². The van der Waals surface area contributed by atoms with Gasteiger partial charge in [0.05, 0.1) is 12.8 Å². The number of nitrogens with one attached hydrogen (secondary N) is 2. The smallest absolute Gasteiger partial charge is 0.314 e. The van der Waals surface area contributed by atoms with E-state index in [1.54, 1.807) is 30.8 Å².